The number of aliphatic hydroxyl groups is 2. The average Bonchev–Trinajstić information content (AvgIpc) is 2.27. The summed E-state index contributed by atoms with van der Waals surface area (Å²) in [6, 6.07) is 6.49. The van der Waals surface area contributed by atoms with Crippen LogP contribution in [0.3, 0.4) is 0 Å². The molecule has 0 spiro atoms. The molecule has 5 N–H and O–H groups in total. The number of carbonyl (C=O) groups is 2. The summed E-state index contributed by atoms with van der Waals surface area (Å²) in [7, 11) is 0. The Bertz CT molecular complexity index is 447. The van der Waals surface area contributed by atoms with Gasteiger partial charge in [-0.1, -0.05) is 18.2 Å². The third-order valence-electron chi connectivity index (χ3n) is 2.36. The van der Waals surface area contributed by atoms with Gasteiger partial charge in [0.05, 0.1) is 12.5 Å². The maximum atomic E-state index is 11.0. The van der Waals surface area contributed by atoms with Gasteiger partial charge in [0.25, 0.3) is 0 Å². The minimum Gasteiger partial charge on any atom is -0.390 e. The van der Waals surface area contributed by atoms with Crippen LogP contribution in [0.5, 0.6) is 0 Å². The fourth-order valence-electron chi connectivity index (χ4n) is 1.58. The molecule has 2 amide bonds. The maximum absolute atomic E-state index is 11.0. The Morgan fingerprint density at radius 2 is 1.94 bits per heavy atom. The Kier molecular flexibility index (Phi) is 4.82. The van der Waals surface area contributed by atoms with E-state index in [9.17, 15) is 19.8 Å². The Hall–Kier alpha value is -1.92. The molecule has 18 heavy (non-hydrogen) atoms. The van der Waals surface area contributed by atoms with Crippen molar-refractivity contribution < 1.29 is 19.8 Å². The molecule has 1 rings (SSSR count). The SMILES string of the molecule is CC(=O)Nc1ccccc1C(O)C(O)CC(N)=O. The van der Waals surface area contributed by atoms with Crippen LogP contribution in [0.1, 0.15) is 25.0 Å². The molecule has 1 aromatic rings. The Morgan fingerprint density at radius 1 is 1.33 bits per heavy atom. The van der Waals surface area contributed by atoms with Gasteiger partial charge >= 0.3 is 0 Å². The van der Waals surface area contributed by atoms with E-state index in [1.807, 2.05) is 0 Å². The van der Waals surface area contributed by atoms with E-state index in [1.54, 1.807) is 24.3 Å². The minimum absolute atomic E-state index is 0.293. The van der Waals surface area contributed by atoms with Gasteiger partial charge in [-0.25, -0.2) is 0 Å². The van der Waals surface area contributed by atoms with E-state index in [2.05, 4.69) is 5.32 Å². The van der Waals surface area contributed by atoms with Gasteiger partial charge in [0, 0.05) is 18.2 Å². The molecule has 0 aliphatic heterocycles. The highest BCUT2D eigenvalue weighted by Crippen LogP contribution is 2.26. The van der Waals surface area contributed by atoms with E-state index in [-0.39, 0.29) is 12.3 Å². The molecular formula is C12H16N2O4. The molecule has 6 nitrogen and oxygen atoms in total. The zero-order valence-electron chi connectivity index (χ0n) is 9.96. The first-order chi connectivity index (χ1) is 8.41. The fourth-order valence-corrected chi connectivity index (χ4v) is 1.58. The Labute approximate surface area is 104 Å². The van der Waals surface area contributed by atoms with Gasteiger partial charge in [-0.05, 0) is 6.07 Å². The zero-order valence-corrected chi connectivity index (χ0v) is 9.96. The lowest BCUT2D eigenvalue weighted by Gasteiger charge is -2.19. The molecule has 2 unspecified atom stereocenters. The molecule has 0 aliphatic rings. The predicted octanol–water partition coefficient (Wildman–Crippen LogP) is -0.0853. The molecule has 2 atom stereocenters. The summed E-state index contributed by atoms with van der Waals surface area (Å²) in [5, 5.41) is 22.1. The van der Waals surface area contributed by atoms with Crippen molar-refractivity contribution in [2.24, 2.45) is 5.73 Å². The zero-order chi connectivity index (χ0) is 13.7. The molecule has 0 fully saturated rings. The molecule has 6 heteroatoms. The van der Waals surface area contributed by atoms with Gasteiger partial charge in [0.1, 0.15) is 6.10 Å². The molecule has 0 aromatic heterocycles. The van der Waals surface area contributed by atoms with Crippen molar-refractivity contribution in [2.75, 3.05) is 5.32 Å². The lowest BCUT2D eigenvalue weighted by atomic mass is 10.00. The summed E-state index contributed by atoms with van der Waals surface area (Å²) in [5.74, 6) is -1.00. The van der Waals surface area contributed by atoms with Gasteiger partial charge in [-0.3, -0.25) is 9.59 Å². The normalized spacial score (nSPS) is 13.7. The van der Waals surface area contributed by atoms with Crippen molar-refractivity contribution in [1.29, 1.82) is 0 Å². The molecule has 0 heterocycles. The van der Waals surface area contributed by atoms with Crippen LogP contribution >= 0.6 is 0 Å². The third kappa shape index (κ3) is 3.83. The number of carbonyl (C=O) groups excluding carboxylic acids is 2. The topological polar surface area (TPSA) is 113 Å². The second kappa shape index (κ2) is 6.13. The van der Waals surface area contributed by atoms with Gasteiger partial charge < -0.3 is 21.3 Å². The highest BCUT2D eigenvalue weighted by Gasteiger charge is 2.22. The van der Waals surface area contributed by atoms with Crippen LogP contribution in [0.15, 0.2) is 24.3 Å². The summed E-state index contributed by atoms with van der Waals surface area (Å²) >= 11 is 0. The second-order valence-corrected chi connectivity index (χ2v) is 3.95. The van der Waals surface area contributed by atoms with Crippen molar-refractivity contribution in [3.05, 3.63) is 29.8 Å². The molecular weight excluding hydrogens is 236 g/mol. The van der Waals surface area contributed by atoms with Crippen molar-refractivity contribution >= 4 is 17.5 Å². The van der Waals surface area contributed by atoms with E-state index in [0.717, 1.165) is 0 Å². The number of para-hydroxylation sites is 1. The summed E-state index contributed by atoms with van der Waals surface area (Å²) in [5.41, 5.74) is 5.67. The maximum Gasteiger partial charge on any atom is 0.221 e. The molecule has 1 aromatic carbocycles. The van der Waals surface area contributed by atoms with Crippen molar-refractivity contribution in [3.8, 4) is 0 Å². The summed E-state index contributed by atoms with van der Waals surface area (Å²) in [4.78, 5) is 21.7. The predicted molar refractivity (Wildman–Crippen MR) is 65.5 cm³/mol. The van der Waals surface area contributed by atoms with Crippen LogP contribution in [0, 0.1) is 0 Å². The van der Waals surface area contributed by atoms with Gasteiger partial charge in [0.15, 0.2) is 0 Å². The molecule has 0 saturated carbocycles. The lowest BCUT2D eigenvalue weighted by molar-refractivity contribution is -0.121. The largest absolute Gasteiger partial charge is 0.390 e. The minimum atomic E-state index is -1.31. The second-order valence-electron chi connectivity index (χ2n) is 3.95. The molecule has 0 saturated heterocycles. The molecule has 98 valence electrons. The van der Waals surface area contributed by atoms with Crippen LogP contribution < -0.4 is 11.1 Å². The number of nitrogens with two attached hydrogens (primary N) is 1. The van der Waals surface area contributed by atoms with Crippen LogP contribution in [0.4, 0.5) is 5.69 Å². The van der Waals surface area contributed by atoms with Crippen LogP contribution in [-0.4, -0.2) is 28.1 Å². The Morgan fingerprint density at radius 3 is 2.50 bits per heavy atom. The monoisotopic (exact) mass is 252 g/mol. The number of nitrogens with one attached hydrogen (secondary N) is 1. The van der Waals surface area contributed by atoms with Crippen LogP contribution in [-0.2, 0) is 9.59 Å². The summed E-state index contributed by atoms with van der Waals surface area (Å²) in [6.45, 7) is 1.34. The van der Waals surface area contributed by atoms with Gasteiger partial charge in [-0.2, -0.15) is 0 Å². The quantitative estimate of drug-likeness (QED) is 0.586. The number of anilines is 1. The van der Waals surface area contributed by atoms with Crippen LogP contribution in [0.25, 0.3) is 0 Å². The first-order valence-electron chi connectivity index (χ1n) is 5.42. The van der Waals surface area contributed by atoms with Crippen molar-refractivity contribution in [2.45, 2.75) is 25.6 Å². The number of hydrogen-bond acceptors (Lipinski definition) is 4. The van der Waals surface area contributed by atoms with E-state index >= 15 is 0 Å². The highest BCUT2D eigenvalue weighted by atomic mass is 16.3. The van der Waals surface area contributed by atoms with Gasteiger partial charge in [0.2, 0.25) is 11.8 Å². The van der Waals surface area contributed by atoms with E-state index in [0.29, 0.717) is 11.3 Å². The standard InChI is InChI=1S/C12H16N2O4/c1-7(15)14-9-5-3-2-4-8(9)12(18)10(16)6-11(13)17/h2-5,10,12,16,18H,6H2,1H3,(H2,13,17)(H,14,15). The fraction of sp³-hybridized carbons (Fsp3) is 0.333. The number of aliphatic hydroxyl groups excluding tert-OH is 2. The van der Waals surface area contributed by atoms with E-state index < -0.39 is 18.1 Å². The van der Waals surface area contributed by atoms with Gasteiger partial charge in [-0.15, -0.1) is 0 Å². The molecule has 0 bridgehead atoms. The smallest absolute Gasteiger partial charge is 0.221 e. The number of hydrogen-bond donors (Lipinski definition) is 4. The lowest BCUT2D eigenvalue weighted by Crippen LogP contribution is -2.26. The number of benzene rings is 1. The first kappa shape index (κ1) is 14.1. The third-order valence-corrected chi connectivity index (χ3v) is 2.36. The molecule has 0 radical (unpaired) electrons. The van der Waals surface area contributed by atoms with E-state index in [1.165, 1.54) is 6.92 Å². The Balaban J connectivity index is 2.93. The first-order valence-corrected chi connectivity index (χ1v) is 5.42. The summed E-state index contributed by atoms with van der Waals surface area (Å²) in [6.07, 6.45) is -2.95. The van der Waals surface area contributed by atoms with Crippen LogP contribution in [0.2, 0.25) is 0 Å². The molecule has 0 aliphatic carbocycles. The van der Waals surface area contributed by atoms with Crippen molar-refractivity contribution in [1.82, 2.24) is 0 Å². The number of amides is 2. The van der Waals surface area contributed by atoms with E-state index in [4.69, 9.17) is 5.73 Å². The number of rotatable bonds is 5. The van der Waals surface area contributed by atoms with Crippen molar-refractivity contribution in [3.63, 3.8) is 0 Å². The highest BCUT2D eigenvalue weighted by molar-refractivity contribution is 5.89. The number of primary amides is 1. The summed E-state index contributed by atoms with van der Waals surface area (Å²) < 4.78 is 0. The average molecular weight is 252 g/mol.